The van der Waals surface area contributed by atoms with E-state index in [0.29, 0.717) is 6.42 Å². The van der Waals surface area contributed by atoms with E-state index in [1.165, 1.54) is 16.6 Å². The summed E-state index contributed by atoms with van der Waals surface area (Å²) in [6.07, 6.45) is 2.01. The molecule has 29 heavy (non-hydrogen) atoms. The molecule has 1 amide bonds. The maximum Gasteiger partial charge on any atom is 0.387 e. The average Bonchev–Trinajstić information content (AvgIpc) is 3.13. The number of nitrogens with zero attached hydrogens (tertiary/aromatic N) is 4. The van der Waals surface area contributed by atoms with Gasteiger partial charge in [0, 0.05) is 18.4 Å². The van der Waals surface area contributed by atoms with E-state index in [1.54, 1.807) is 31.3 Å². The number of benzene rings is 1. The van der Waals surface area contributed by atoms with Gasteiger partial charge in [-0.3, -0.25) is 4.79 Å². The summed E-state index contributed by atoms with van der Waals surface area (Å²) in [7, 11) is 0. The molecule has 2 heterocycles. The number of rotatable bonds is 8. The third-order valence-electron chi connectivity index (χ3n) is 3.83. The summed E-state index contributed by atoms with van der Waals surface area (Å²) in [5.41, 5.74) is 1.56. The Morgan fingerprint density at radius 1 is 1.21 bits per heavy atom. The Bertz CT molecular complexity index is 1010. The number of esters is 1. The van der Waals surface area contributed by atoms with Crippen LogP contribution in [-0.4, -0.2) is 51.2 Å². The van der Waals surface area contributed by atoms with E-state index >= 15 is 0 Å². The van der Waals surface area contributed by atoms with Gasteiger partial charge in [0.15, 0.2) is 6.61 Å². The first kappa shape index (κ1) is 20.1. The molecule has 152 valence electrons. The number of alkyl halides is 2. The van der Waals surface area contributed by atoms with Crippen LogP contribution in [0.15, 0.2) is 36.5 Å². The Balaban J connectivity index is 1.42. The van der Waals surface area contributed by atoms with Crippen molar-refractivity contribution in [1.29, 1.82) is 0 Å². The number of aromatic nitrogens is 4. The van der Waals surface area contributed by atoms with Gasteiger partial charge in [0.1, 0.15) is 5.75 Å². The standard InChI is InChI=1S/C18H17F2N5O4/c1-11-6-8-22-18-23-15(24-25(11)18)16(27)28-10-14(26)21-9-7-12-2-4-13(5-3-12)29-17(19)20/h2-6,8,17H,7,9-10H2,1H3,(H,21,26). The number of fused-ring (bicyclic) bond motifs is 1. The lowest BCUT2D eigenvalue weighted by Gasteiger charge is -2.07. The molecule has 0 radical (unpaired) electrons. The summed E-state index contributed by atoms with van der Waals surface area (Å²) >= 11 is 0. The minimum absolute atomic E-state index is 0.0608. The molecule has 2 aromatic heterocycles. The van der Waals surface area contributed by atoms with E-state index in [-0.39, 0.29) is 23.9 Å². The number of ether oxygens (including phenoxy) is 2. The Morgan fingerprint density at radius 3 is 2.66 bits per heavy atom. The second kappa shape index (κ2) is 9.04. The average molecular weight is 405 g/mol. The van der Waals surface area contributed by atoms with Crippen molar-refractivity contribution in [3.05, 3.63) is 53.6 Å². The third-order valence-corrected chi connectivity index (χ3v) is 3.83. The Kier molecular flexibility index (Phi) is 6.27. The number of carbonyl (C=O) groups is 2. The molecule has 11 heteroatoms. The molecule has 0 atom stereocenters. The zero-order valence-electron chi connectivity index (χ0n) is 15.3. The van der Waals surface area contributed by atoms with Gasteiger partial charge in [0.2, 0.25) is 0 Å². The summed E-state index contributed by atoms with van der Waals surface area (Å²) in [6, 6.07) is 7.79. The highest BCUT2D eigenvalue weighted by Gasteiger charge is 2.17. The van der Waals surface area contributed by atoms with Crippen molar-refractivity contribution >= 4 is 17.7 Å². The van der Waals surface area contributed by atoms with Gasteiger partial charge in [-0.15, -0.1) is 5.10 Å². The fourth-order valence-electron chi connectivity index (χ4n) is 2.42. The van der Waals surface area contributed by atoms with Gasteiger partial charge in [0.05, 0.1) is 0 Å². The molecule has 1 N–H and O–H groups in total. The lowest BCUT2D eigenvalue weighted by Crippen LogP contribution is -2.30. The molecule has 0 aliphatic rings. The molecular weight excluding hydrogens is 388 g/mol. The molecule has 0 saturated heterocycles. The molecule has 0 fully saturated rings. The third kappa shape index (κ3) is 5.43. The number of hydrogen-bond acceptors (Lipinski definition) is 7. The monoisotopic (exact) mass is 405 g/mol. The number of halogens is 2. The SMILES string of the molecule is Cc1ccnc2nc(C(=O)OCC(=O)NCCc3ccc(OC(F)F)cc3)nn12. The Morgan fingerprint density at radius 2 is 1.97 bits per heavy atom. The Hall–Kier alpha value is -3.63. The summed E-state index contributed by atoms with van der Waals surface area (Å²) < 4.78 is 34.8. The largest absolute Gasteiger partial charge is 0.450 e. The van der Waals surface area contributed by atoms with Gasteiger partial charge in [0.25, 0.3) is 17.5 Å². The minimum atomic E-state index is -2.88. The zero-order chi connectivity index (χ0) is 20.8. The highest BCUT2D eigenvalue weighted by molar-refractivity contribution is 5.88. The predicted molar refractivity (Wildman–Crippen MR) is 95.6 cm³/mol. The molecule has 3 rings (SSSR count). The quantitative estimate of drug-likeness (QED) is 0.567. The topological polar surface area (TPSA) is 108 Å². The molecule has 0 saturated carbocycles. The second-order valence-electron chi connectivity index (χ2n) is 5.93. The van der Waals surface area contributed by atoms with Crippen LogP contribution in [0, 0.1) is 6.92 Å². The van der Waals surface area contributed by atoms with E-state index in [0.717, 1.165) is 11.3 Å². The minimum Gasteiger partial charge on any atom is -0.450 e. The van der Waals surface area contributed by atoms with Crippen LogP contribution in [0.5, 0.6) is 5.75 Å². The van der Waals surface area contributed by atoms with Crippen LogP contribution in [0.1, 0.15) is 21.9 Å². The number of nitrogens with one attached hydrogen (secondary N) is 1. The van der Waals surface area contributed by atoms with E-state index in [9.17, 15) is 18.4 Å². The van der Waals surface area contributed by atoms with Gasteiger partial charge in [-0.2, -0.15) is 13.8 Å². The van der Waals surface area contributed by atoms with Crippen LogP contribution in [0.4, 0.5) is 8.78 Å². The lowest BCUT2D eigenvalue weighted by atomic mass is 10.1. The second-order valence-corrected chi connectivity index (χ2v) is 5.93. The van der Waals surface area contributed by atoms with Gasteiger partial charge in [-0.05, 0) is 37.1 Å². The maximum absolute atomic E-state index is 12.1. The van der Waals surface area contributed by atoms with E-state index < -0.39 is 25.1 Å². The molecule has 0 aliphatic heterocycles. The molecular formula is C18H17F2N5O4. The van der Waals surface area contributed by atoms with Crippen LogP contribution < -0.4 is 10.1 Å². The normalized spacial score (nSPS) is 10.9. The van der Waals surface area contributed by atoms with Crippen LogP contribution in [0.3, 0.4) is 0 Å². The fraction of sp³-hybridized carbons (Fsp3) is 0.278. The molecule has 0 bridgehead atoms. The van der Waals surface area contributed by atoms with Crippen molar-refractivity contribution < 1.29 is 27.8 Å². The van der Waals surface area contributed by atoms with Crippen molar-refractivity contribution in [2.75, 3.05) is 13.2 Å². The summed E-state index contributed by atoms with van der Waals surface area (Å²) in [5.74, 6) is -1.20. The van der Waals surface area contributed by atoms with Crippen molar-refractivity contribution in [3.8, 4) is 5.75 Å². The number of carbonyl (C=O) groups excluding carboxylic acids is 2. The van der Waals surface area contributed by atoms with Crippen molar-refractivity contribution in [1.82, 2.24) is 24.9 Å². The van der Waals surface area contributed by atoms with Crippen molar-refractivity contribution in [2.24, 2.45) is 0 Å². The van der Waals surface area contributed by atoms with Crippen molar-refractivity contribution in [2.45, 2.75) is 20.0 Å². The number of hydrogen-bond donors (Lipinski definition) is 1. The van der Waals surface area contributed by atoms with E-state index in [2.05, 4.69) is 25.1 Å². The first-order valence-electron chi connectivity index (χ1n) is 8.58. The highest BCUT2D eigenvalue weighted by atomic mass is 19.3. The highest BCUT2D eigenvalue weighted by Crippen LogP contribution is 2.15. The number of amides is 1. The Labute approximate surface area is 163 Å². The molecule has 0 unspecified atom stereocenters. The van der Waals surface area contributed by atoms with Gasteiger partial charge in [-0.25, -0.2) is 14.3 Å². The zero-order valence-corrected chi connectivity index (χ0v) is 15.3. The van der Waals surface area contributed by atoms with Gasteiger partial charge >= 0.3 is 12.6 Å². The van der Waals surface area contributed by atoms with E-state index in [4.69, 9.17) is 4.74 Å². The summed E-state index contributed by atoms with van der Waals surface area (Å²) in [5, 5.41) is 6.59. The molecule has 0 aliphatic carbocycles. The smallest absolute Gasteiger partial charge is 0.387 e. The lowest BCUT2D eigenvalue weighted by molar-refractivity contribution is -0.124. The van der Waals surface area contributed by atoms with Crippen LogP contribution in [0.2, 0.25) is 0 Å². The summed E-state index contributed by atoms with van der Waals surface area (Å²) in [4.78, 5) is 31.8. The van der Waals surface area contributed by atoms with Crippen molar-refractivity contribution in [3.63, 3.8) is 0 Å². The molecule has 0 spiro atoms. The first-order valence-corrected chi connectivity index (χ1v) is 8.58. The summed E-state index contributed by atoms with van der Waals surface area (Å²) in [6.45, 7) is -1.30. The van der Waals surface area contributed by atoms with Crippen LogP contribution in [0.25, 0.3) is 5.78 Å². The van der Waals surface area contributed by atoms with Gasteiger partial charge in [-0.1, -0.05) is 12.1 Å². The molecule has 9 nitrogen and oxygen atoms in total. The first-order chi connectivity index (χ1) is 13.9. The van der Waals surface area contributed by atoms with Crippen LogP contribution >= 0.6 is 0 Å². The molecule has 1 aromatic carbocycles. The fourth-order valence-corrected chi connectivity index (χ4v) is 2.42. The number of aryl methyl sites for hydroxylation is 1. The van der Waals surface area contributed by atoms with Crippen LogP contribution in [-0.2, 0) is 16.0 Å². The van der Waals surface area contributed by atoms with Gasteiger partial charge < -0.3 is 14.8 Å². The predicted octanol–water partition coefficient (Wildman–Crippen LogP) is 1.55. The molecule has 3 aromatic rings. The maximum atomic E-state index is 12.1. The van der Waals surface area contributed by atoms with E-state index in [1.807, 2.05) is 0 Å².